The summed E-state index contributed by atoms with van der Waals surface area (Å²) in [5.41, 5.74) is 2.68. The van der Waals surface area contributed by atoms with Crippen molar-refractivity contribution < 1.29 is 0 Å². The SMILES string of the molecule is CP(C)(Cl)(Cc1ccccc1)Cc1ccccc1. The first-order chi connectivity index (χ1) is 8.42. The van der Waals surface area contributed by atoms with Gasteiger partial charge >= 0.3 is 115 Å². The summed E-state index contributed by atoms with van der Waals surface area (Å²) in [6.07, 6.45) is 1.98. The van der Waals surface area contributed by atoms with E-state index < -0.39 is 5.96 Å². The monoisotopic (exact) mass is 278 g/mol. The van der Waals surface area contributed by atoms with Gasteiger partial charge in [-0.25, -0.2) is 0 Å². The second-order valence-corrected chi connectivity index (χ2v) is 14.9. The summed E-state index contributed by atoms with van der Waals surface area (Å²) in [6, 6.07) is 21.1. The minimum atomic E-state index is -2.19. The molecule has 0 saturated heterocycles. The van der Waals surface area contributed by atoms with E-state index in [0.29, 0.717) is 0 Å². The molecule has 18 heavy (non-hydrogen) atoms. The Hall–Kier alpha value is -0.840. The fraction of sp³-hybridized carbons (Fsp3) is 0.250. The fourth-order valence-corrected chi connectivity index (χ4v) is 5.96. The number of benzene rings is 2. The van der Waals surface area contributed by atoms with Crippen molar-refractivity contribution in [2.24, 2.45) is 0 Å². The van der Waals surface area contributed by atoms with E-state index in [9.17, 15) is 0 Å². The van der Waals surface area contributed by atoms with E-state index in [-0.39, 0.29) is 0 Å². The van der Waals surface area contributed by atoms with Crippen molar-refractivity contribution in [2.45, 2.75) is 12.3 Å². The molecule has 2 rings (SSSR count). The van der Waals surface area contributed by atoms with E-state index in [1.54, 1.807) is 0 Å². The summed E-state index contributed by atoms with van der Waals surface area (Å²) in [7, 11) is 0. The molecule has 2 heteroatoms. The van der Waals surface area contributed by atoms with Crippen molar-refractivity contribution in [1.29, 1.82) is 0 Å². The summed E-state index contributed by atoms with van der Waals surface area (Å²) >= 11 is 6.99. The molecule has 0 amide bonds. The van der Waals surface area contributed by atoms with Gasteiger partial charge in [0.25, 0.3) is 0 Å². The van der Waals surface area contributed by atoms with Crippen LogP contribution in [0.4, 0.5) is 0 Å². The van der Waals surface area contributed by atoms with E-state index in [1.807, 2.05) is 0 Å². The van der Waals surface area contributed by atoms with Crippen molar-refractivity contribution in [3.63, 3.8) is 0 Å². The van der Waals surface area contributed by atoms with E-state index in [0.717, 1.165) is 12.3 Å². The zero-order chi connectivity index (χ0) is 13.1. The van der Waals surface area contributed by atoms with Crippen LogP contribution in [0, 0.1) is 0 Å². The second kappa shape index (κ2) is 5.03. The predicted octanol–water partition coefficient (Wildman–Crippen LogP) is 5.35. The third kappa shape index (κ3) is 4.12. The molecule has 0 unspecified atom stereocenters. The molecule has 0 nitrogen and oxygen atoms in total. The Morgan fingerprint density at radius 3 is 1.39 bits per heavy atom. The van der Waals surface area contributed by atoms with Crippen molar-refractivity contribution in [1.82, 2.24) is 0 Å². The van der Waals surface area contributed by atoms with Crippen LogP contribution in [-0.2, 0) is 12.3 Å². The molecule has 0 fully saturated rings. The van der Waals surface area contributed by atoms with Crippen LogP contribution in [0.5, 0.6) is 0 Å². The summed E-state index contributed by atoms with van der Waals surface area (Å²) < 4.78 is 0. The van der Waals surface area contributed by atoms with Crippen molar-refractivity contribution in [3.8, 4) is 0 Å². The maximum atomic E-state index is 6.99. The average Bonchev–Trinajstić information content (AvgIpc) is 2.29. The van der Waals surface area contributed by atoms with Gasteiger partial charge in [-0.1, -0.05) is 0 Å². The molecule has 0 radical (unpaired) electrons. The zero-order valence-corrected chi connectivity index (χ0v) is 12.7. The minimum absolute atomic E-state index is 0.989. The first kappa shape index (κ1) is 13.6. The molecule has 0 N–H and O–H groups in total. The average molecular weight is 279 g/mol. The number of hydrogen-bond donors (Lipinski definition) is 0. The van der Waals surface area contributed by atoms with Gasteiger partial charge < -0.3 is 0 Å². The molecule has 0 aliphatic carbocycles. The molecule has 0 atom stereocenters. The van der Waals surface area contributed by atoms with Crippen molar-refractivity contribution >= 4 is 17.2 Å². The standard InChI is InChI=1S/C16H20ClP/c1-18(2,17,13-15-9-5-3-6-10-15)14-16-11-7-4-8-12-16/h3-12H,13-14H2,1-2H3. The zero-order valence-electron chi connectivity index (χ0n) is 11.0. The molecular formula is C16H20ClP. The van der Waals surface area contributed by atoms with Gasteiger partial charge in [-0.05, 0) is 0 Å². The fourth-order valence-electron chi connectivity index (χ4n) is 2.35. The van der Waals surface area contributed by atoms with Gasteiger partial charge in [0.05, 0.1) is 0 Å². The van der Waals surface area contributed by atoms with Crippen LogP contribution in [0.1, 0.15) is 11.1 Å². The number of rotatable bonds is 4. The molecule has 0 spiro atoms. The first-order valence-electron chi connectivity index (χ1n) is 6.22. The van der Waals surface area contributed by atoms with Gasteiger partial charge in [-0.15, -0.1) is 0 Å². The Morgan fingerprint density at radius 1 is 0.722 bits per heavy atom. The topological polar surface area (TPSA) is 0 Å². The number of hydrogen-bond acceptors (Lipinski definition) is 0. The Bertz CT molecular complexity index is 451. The molecule has 0 saturated carbocycles. The normalized spacial score (nSPS) is 13.8. The molecule has 0 aromatic heterocycles. The maximum absolute atomic E-state index is 6.99. The third-order valence-corrected chi connectivity index (χ3v) is 6.42. The predicted molar refractivity (Wildman–Crippen MR) is 84.9 cm³/mol. The first-order valence-corrected chi connectivity index (χ1v) is 10.6. The molecule has 96 valence electrons. The van der Waals surface area contributed by atoms with E-state index in [4.69, 9.17) is 11.2 Å². The molecule has 2 aromatic carbocycles. The molecule has 0 aliphatic rings. The Morgan fingerprint density at radius 2 is 1.06 bits per heavy atom. The van der Waals surface area contributed by atoms with E-state index in [2.05, 4.69) is 74.0 Å². The van der Waals surface area contributed by atoms with E-state index >= 15 is 0 Å². The molecule has 2 aromatic rings. The van der Waals surface area contributed by atoms with Crippen LogP contribution >= 0.6 is 17.2 Å². The summed E-state index contributed by atoms with van der Waals surface area (Å²) in [6.45, 7) is 4.51. The Kier molecular flexibility index (Phi) is 3.80. The quantitative estimate of drug-likeness (QED) is 0.661. The van der Waals surface area contributed by atoms with Crippen molar-refractivity contribution in [2.75, 3.05) is 13.3 Å². The Balaban J connectivity index is 2.17. The molecule has 0 aliphatic heterocycles. The molecule has 0 bridgehead atoms. The van der Waals surface area contributed by atoms with Crippen LogP contribution in [0.15, 0.2) is 60.7 Å². The van der Waals surface area contributed by atoms with Crippen LogP contribution in [-0.4, -0.2) is 13.3 Å². The second-order valence-electron chi connectivity index (χ2n) is 5.80. The van der Waals surface area contributed by atoms with Gasteiger partial charge in [-0.2, -0.15) is 0 Å². The van der Waals surface area contributed by atoms with Crippen LogP contribution < -0.4 is 0 Å². The van der Waals surface area contributed by atoms with Crippen LogP contribution in [0.25, 0.3) is 0 Å². The van der Waals surface area contributed by atoms with Gasteiger partial charge in [0.2, 0.25) is 0 Å². The number of halogens is 1. The van der Waals surface area contributed by atoms with Gasteiger partial charge in [-0.3, -0.25) is 0 Å². The van der Waals surface area contributed by atoms with Crippen LogP contribution in [0.2, 0.25) is 0 Å². The Labute approximate surface area is 115 Å². The van der Waals surface area contributed by atoms with Gasteiger partial charge in [0.1, 0.15) is 0 Å². The van der Waals surface area contributed by atoms with Crippen molar-refractivity contribution in [3.05, 3.63) is 71.8 Å². The summed E-state index contributed by atoms with van der Waals surface area (Å²) in [5.74, 6) is -2.19. The van der Waals surface area contributed by atoms with Crippen LogP contribution in [0.3, 0.4) is 0 Å². The third-order valence-electron chi connectivity index (χ3n) is 3.03. The van der Waals surface area contributed by atoms with Gasteiger partial charge in [0.15, 0.2) is 0 Å². The van der Waals surface area contributed by atoms with E-state index in [1.165, 1.54) is 11.1 Å². The molecular weight excluding hydrogens is 259 g/mol. The molecule has 0 heterocycles. The summed E-state index contributed by atoms with van der Waals surface area (Å²) in [4.78, 5) is 0. The van der Waals surface area contributed by atoms with Gasteiger partial charge in [0, 0.05) is 0 Å². The summed E-state index contributed by atoms with van der Waals surface area (Å²) in [5, 5.41) is 0.